The molecule has 0 spiro atoms. The van der Waals surface area contributed by atoms with Crippen molar-refractivity contribution in [1.82, 2.24) is 15.6 Å². The quantitative estimate of drug-likeness (QED) is 0.548. The summed E-state index contributed by atoms with van der Waals surface area (Å²) >= 11 is 0. The molecular weight excluding hydrogens is 354 g/mol. The highest BCUT2D eigenvalue weighted by molar-refractivity contribution is 5.99. The molecule has 0 aliphatic carbocycles. The second kappa shape index (κ2) is 10.3. The SMILES string of the molecule is CCCNC(=O)[C@H](C)NC(=O)COC(=O)c1c(C)[nH]c(C(=O)OCC)c1C. The average Bonchev–Trinajstić information content (AvgIpc) is 2.92. The van der Waals surface area contributed by atoms with E-state index in [9.17, 15) is 19.2 Å². The third-order valence-electron chi connectivity index (χ3n) is 3.78. The summed E-state index contributed by atoms with van der Waals surface area (Å²) in [4.78, 5) is 50.6. The summed E-state index contributed by atoms with van der Waals surface area (Å²) in [6.45, 7) is 8.53. The molecule has 0 fully saturated rings. The van der Waals surface area contributed by atoms with Gasteiger partial charge in [-0.3, -0.25) is 9.59 Å². The molecule has 0 bridgehead atoms. The van der Waals surface area contributed by atoms with Crippen molar-refractivity contribution < 1.29 is 28.7 Å². The molecule has 0 aromatic carbocycles. The largest absolute Gasteiger partial charge is 0.461 e. The minimum atomic E-state index is -0.742. The fourth-order valence-corrected chi connectivity index (χ4v) is 2.42. The Morgan fingerprint density at radius 3 is 2.33 bits per heavy atom. The summed E-state index contributed by atoms with van der Waals surface area (Å²) in [6.07, 6.45) is 0.785. The molecule has 1 atom stereocenters. The van der Waals surface area contributed by atoms with Gasteiger partial charge < -0.3 is 25.1 Å². The van der Waals surface area contributed by atoms with Crippen molar-refractivity contribution >= 4 is 23.8 Å². The summed E-state index contributed by atoms with van der Waals surface area (Å²) in [6, 6.07) is -0.742. The van der Waals surface area contributed by atoms with Crippen molar-refractivity contribution in [3.63, 3.8) is 0 Å². The second-order valence-electron chi connectivity index (χ2n) is 6.00. The summed E-state index contributed by atoms with van der Waals surface area (Å²) in [5, 5.41) is 5.11. The Hall–Kier alpha value is -2.84. The molecule has 1 aromatic rings. The number of hydrogen-bond donors (Lipinski definition) is 3. The molecule has 0 saturated heterocycles. The van der Waals surface area contributed by atoms with Crippen LogP contribution in [0.4, 0.5) is 0 Å². The topological polar surface area (TPSA) is 127 Å². The summed E-state index contributed by atoms with van der Waals surface area (Å²) in [7, 11) is 0. The maximum absolute atomic E-state index is 12.3. The number of amides is 2. The number of aromatic nitrogens is 1. The summed E-state index contributed by atoms with van der Waals surface area (Å²) < 4.78 is 9.94. The summed E-state index contributed by atoms with van der Waals surface area (Å²) in [5.74, 6) is -2.22. The Kier molecular flexibility index (Phi) is 8.50. The Balaban J connectivity index is 2.66. The average molecular weight is 381 g/mol. The monoisotopic (exact) mass is 381 g/mol. The van der Waals surface area contributed by atoms with Gasteiger partial charge in [-0.05, 0) is 39.7 Å². The zero-order valence-electron chi connectivity index (χ0n) is 16.4. The standard InChI is InChI=1S/C18H27N3O6/c1-6-8-19-16(23)12(5)20-13(22)9-27-17(24)14-10(3)15(21-11(14)4)18(25)26-7-2/h12,21H,6-9H2,1-5H3,(H,19,23)(H,20,22)/t12-/m0/s1. The zero-order valence-corrected chi connectivity index (χ0v) is 16.4. The molecule has 2 amide bonds. The molecule has 1 heterocycles. The molecular formula is C18H27N3O6. The van der Waals surface area contributed by atoms with E-state index >= 15 is 0 Å². The highest BCUT2D eigenvalue weighted by atomic mass is 16.5. The van der Waals surface area contributed by atoms with Crippen LogP contribution in [0.5, 0.6) is 0 Å². The lowest BCUT2D eigenvalue weighted by Crippen LogP contribution is -2.46. The number of aromatic amines is 1. The van der Waals surface area contributed by atoms with E-state index < -0.39 is 30.5 Å². The number of H-pyrrole nitrogens is 1. The van der Waals surface area contributed by atoms with E-state index in [-0.39, 0.29) is 23.8 Å². The van der Waals surface area contributed by atoms with Crippen molar-refractivity contribution in [2.24, 2.45) is 0 Å². The van der Waals surface area contributed by atoms with Crippen LogP contribution in [0, 0.1) is 13.8 Å². The number of hydrogen-bond acceptors (Lipinski definition) is 6. The Labute approximate surface area is 158 Å². The maximum Gasteiger partial charge on any atom is 0.355 e. The number of rotatable bonds is 9. The van der Waals surface area contributed by atoms with Crippen LogP contribution in [0.1, 0.15) is 59.3 Å². The first kappa shape index (κ1) is 22.2. The number of esters is 2. The number of carbonyl (C=O) groups excluding carboxylic acids is 4. The van der Waals surface area contributed by atoms with Crippen molar-refractivity contribution in [3.8, 4) is 0 Å². The highest BCUT2D eigenvalue weighted by Crippen LogP contribution is 2.19. The van der Waals surface area contributed by atoms with Crippen LogP contribution in [0.25, 0.3) is 0 Å². The molecule has 1 aromatic heterocycles. The second-order valence-corrected chi connectivity index (χ2v) is 6.00. The fraction of sp³-hybridized carbons (Fsp3) is 0.556. The third-order valence-corrected chi connectivity index (χ3v) is 3.78. The Bertz CT molecular complexity index is 710. The van der Waals surface area contributed by atoms with E-state index in [1.165, 1.54) is 6.92 Å². The van der Waals surface area contributed by atoms with Gasteiger partial charge in [-0.25, -0.2) is 9.59 Å². The van der Waals surface area contributed by atoms with Crippen molar-refractivity contribution in [1.29, 1.82) is 0 Å². The smallest absolute Gasteiger partial charge is 0.355 e. The lowest BCUT2D eigenvalue weighted by Gasteiger charge is -2.14. The van der Waals surface area contributed by atoms with E-state index in [1.54, 1.807) is 20.8 Å². The van der Waals surface area contributed by atoms with Gasteiger partial charge in [0.15, 0.2) is 6.61 Å². The van der Waals surface area contributed by atoms with Crippen LogP contribution in [0.3, 0.4) is 0 Å². The normalized spacial score (nSPS) is 11.4. The number of carbonyl (C=O) groups is 4. The van der Waals surface area contributed by atoms with Gasteiger partial charge in [-0.2, -0.15) is 0 Å². The van der Waals surface area contributed by atoms with Gasteiger partial charge in [0.25, 0.3) is 5.91 Å². The molecule has 0 saturated carbocycles. The molecule has 0 aliphatic heterocycles. The molecule has 27 heavy (non-hydrogen) atoms. The molecule has 1 rings (SSSR count). The van der Waals surface area contributed by atoms with E-state index in [0.717, 1.165) is 6.42 Å². The van der Waals surface area contributed by atoms with Crippen LogP contribution in [0.15, 0.2) is 0 Å². The highest BCUT2D eigenvalue weighted by Gasteiger charge is 2.24. The third kappa shape index (κ3) is 6.12. The first-order valence-corrected chi connectivity index (χ1v) is 8.83. The van der Waals surface area contributed by atoms with E-state index in [1.807, 2.05) is 6.92 Å². The van der Waals surface area contributed by atoms with Gasteiger partial charge in [0, 0.05) is 12.2 Å². The lowest BCUT2D eigenvalue weighted by atomic mass is 10.1. The van der Waals surface area contributed by atoms with Gasteiger partial charge >= 0.3 is 11.9 Å². The fourth-order valence-electron chi connectivity index (χ4n) is 2.42. The van der Waals surface area contributed by atoms with Crippen LogP contribution in [-0.2, 0) is 19.1 Å². The Morgan fingerprint density at radius 1 is 1.07 bits per heavy atom. The number of nitrogens with one attached hydrogen (secondary N) is 3. The molecule has 9 heteroatoms. The predicted octanol–water partition coefficient (Wildman–Crippen LogP) is 0.996. The first-order chi connectivity index (χ1) is 12.7. The van der Waals surface area contributed by atoms with Crippen LogP contribution in [-0.4, -0.2) is 54.5 Å². The number of ether oxygens (including phenoxy) is 2. The molecule has 0 aliphatic rings. The van der Waals surface area contributed by atoms with Crippen molar-refractivity contribution in [3.05, 3.63) is 22.5 Å². The van der Waals surface area contributed by atoms with E-state index in [2.05, 4.69) is 15.6 Å². The van der Waals surface area contributed by atoms with Crippen molar-refractivity contribution in [2.45, 2.75) is 47.1 Å². The van der Waals surface area contributed by atoms with E-state index in [4.69, 9.17) is 9.47 Å². The Morgan fingerprint density at radius 2 is 1.74 bits per heavy atom. The van der Waals surface area contributed by atoms with Gasteiger partial charge in [-0.15, -0.1) is 0 Å². The van der Waals surface area contributed by atoms with Gasteiger partial charge in [0.2, 0.25) is 5.91 Å². The first-order valence-electron chi connectivity index (χ1n) is 8.83. The minimum Gasteiger partial charge on any atom is -0.461 e. The van der Waals surface area contributed by atoms with Gasteiger partial charge in [0.05, 0.1) is 12.2 Å². The molecule has 0 unspecified atom stereocenters. The lowest BCUT2D eigenvalue weighted by molar-refractivity contribution is -0.130. The zero-order chi connectivity index (χ0) is 20.6. The van der Waals surface area contributed by atoms with Gasteiger partial charge in [-0.1, -0.05) is 6.92 Å². The van der Waals surface area contributed by atoms with Crippen LogP contribution < -0.4 is 10.6 Å². The molecule has 0 radical (unpaired) electrons. The van der Waals surface area contributed by atoms with E-state index in [0.29, 0.717) is 17.8 Å². The molecule has 9 nitrogen and oxygen atoms in total. The summed E-state index contributed by atoms with van der Waals surface area (Å²) in [5.41, 5.74) is 1.18. The van der Waals surface area contributed by atoms with Crippen molar-refractivity contribution in [2.75, 3.05) is 19.8 Å². The number of aryl methyl sites for hydroxylation is 1. The molecule has 3 N–H and O–H groups in total. The molecule has 150 valence electrons. The maximum atomic E-state index is 12.3. The predicted molar refractivity (Wildman–Crippen MR) is 97.4 cm³/mol. The van der Waals surface area contributed by atoms with Crippen LogP contribution >= 0.6 is 0 Å². The van der Waals surface area contributed by atoms with Crippen LogP contribution in [0.2, 0.25) is 0 Å². The van der Waals surface area contributed by atoms with Gasteiger partial charge in [0.1, 0.15) is 11.7 Å². The minimum absolute atomic E-state index is 0.173.